The van der Waals surface area contributed by atoms with Crippen LogP contribution in [-0.2, 0) is 4.79 Å². The zero-order valence-electron chi connectivity index (χ0n) is 18.4. The smallest absolute Gasteiger partial charge is 0.250 e. The highest BCUT2D eigenvalue weighted by Crippen LogP contribution is 2.28. The monoisotopic (exact) mass is 475 g/mol. The van der Waals surface area contributed by atoms with E-state index in [-0.39, 0.29) is 17.2 Å². The number of halogens is 1. The molecule has 0 radical (unpaired) electrons. The number of nitrogens with zero attached hydrogens (tertiary/aromatic N) is 4. The van der Waals surface area contributed by atoms with Gasteiger partial charge in [-0.05, 0) is 37.3 Å². The Hall–Kier alpha value is -3.98. The summed E-state index contributed by atoms with van der Waals surface area (Å²) in [6.07, 6.45) is 1.27. The number of carbonyl (C=O) groups is 1. The Balaban J connectivity index is 1.51. The van der Waals surface area contributed by atoms with E-state index in [4.69, 9.17) is 4.74 Å². The van der Waals surface area contributed by atoms with Gasteiger partial charge in [0.25, 0.3) is 5.91 Å². The number of hydrazone groups is 1. The molecule has 0 fully saturated rings. The zero-order valence-corrected chi connectivity index (χ0v) is 19.2. The van der Waals surface area contributed by atoms with Gasteiger partial charge in [-0.25, -0.2) is 9.82 Å². The van der Waals surface area contributed by atoms with Crippen LogP contribution in [0.25, 0.3) is 17.1 Å². The standard InChI is InChI=1S/C25H22FN5O2S/c1-2-33-21-14-12-20(13-15-21)31-24(18-8-4-3-5-9-18)29-30-25(31)34-17-23(32)28-27-16-19-10-6-7-11-22(19)26/h3-16H,2,17H2,1H3,(H,28,32)/b27-16+. The predicted molar refractivity (Wildman–Crippen MR) is 131 cm³/mol. The second kappa shape index (κ2) is 11.2. The van der Waals surface area contributed by atoms with Crippen molar-refractivity contribution < 1.29 is 13.9 Å². The van der Waals surface area contributed by atoms with Crippen LogP contribution in [0, 0.1) is 5.82 Å². The Morgan fingerprint density at radius 1 is 1.06 bits per heavy atom. The van der Waals surface area contributed by atoms with Crippen molar-refractivity contribution in [1.29, 1.82) is 0 Å². The van der Waals surface area contributed by atoms with Gasteiger partial charge in [-0.15, -0.1) is 10.2 Å². The summed E-state index contributed by atoms with van der Waals surface area (Å²) < 4.78 is 21.1. The second-order valence-electron chi connectivity index (χ2n) is 7.04. The molecule has 1 aromatic heterocycles. The first kappa shape index (κ1) is 23.2. The topological polar surface area (TPSA) is 81.4 Å². The van der Waals surface area contributed by atoms with Gasteiger partial charge in [0.1, 0.15) is 11.6 Å². The molecule has 9 heteroatoms. The first-order chi connectivity index (χ1) is 16.7. The Bertz CT molecular complexity index is 1280. The maximum Gasteiger partial charge on any atom is 0.250 e. The SMILES string of the molecule is CCOc1ccc(-n2c(SCC(=O)N/N=C/c3ccccc3F)nnc2-c2ccccc2)cc1. The Kier molecular flexibility index (Phi) is 7.67. The van der Waals surface area contributed by atoms with Crippen molar-refractivity contribution in [3.63, 3.8) is 0 Å². The predicted octanol–water partition coefficient (Wildman–Crippen LogP) is 4.71. The van der Waals surface area contributed by atoms with Crippen molar-refractivity contribution in [2.75, 3.05) is 12.4 Å². The number of hydrogen-bond acceptors (Lipinski definition) is 6. The number of nitrogens with one attached hydrogen (secondary N) is 1. The molecule has 0 saturated heterocycles. The van der Waals surface area contributed by atoms with Crippen molar-refractivity contribution in [1.82, 2.24) is 20.2 Å². The van der Waals surface area contributed by atoms with Crippen LogP contribution in [0.5, 0.6) is 5.75 Å². The lowest BCUT2D eigenvalue weighted by atomic mass is 10.2. The van der Waals surface area contributed by atoms with Crippen LogP contribution in [0.15, 0.2) is 89.1 Å². The molecule has 0 unspecified atom stereocenters. The molecule has 0 saturated carbocycles. The molecule has 1 N–H and O–H groups in total. The molecule has 0 spiro atoms. The van der Waals surface area contributed by atoms with E-state index < -0.39 is 5.82 Å². The van der Waals surface area contributed by atoms with Crippen molar-refractivity contribution in [2.45, 2.75) is 12.1 Å². The Labute approximate surface area is 200 Å². The van der Waals surface area contributed by atoms with Crippen LogP contribution in [0.2, 0.25) is 0 Å². The minimum Gasteiger partial charge on any atom is -0.494 e. The summed E-state index contributed by atoms with van der Waals surface area (Å²) in [6.45, 7) is 2.51. The molecule has 1 heterocycles. The van der Waals surface area contributed by atoms with Gasteiger partial charge >= 0.3 is 0 Å². The van der Waals surface area contributed by atoms with Crippen LogP contribution in [0.3, 0.4) is 0 Å². The fourth-order valence-electron chi connectivity index (χ4n) is 3.14. The molecular formula is C25H22FN5O2S. The van der Waals surface area contributed by atoms with Crippen LogP contribution in [0.4, 0.5) is 4.39 Å². The summed E-state index contributed by atoms with van der Waals surface area (Å²) in [5, 5.41) is 13.1. The van der Waals surface area contributed by atoms with Gasteiger partial charge in [-0.2, -0.15) is 5.10 Å². The molecule has 0 atom stereocenters. The Morgan fingerprint density at radius 3 is 2.53 bits per heavy atom. The van der Waals surface area contributed by atoms with Crippen LogP contribution < -0.4 is 10.2 Å². The van der Waals surface area contributed by atoms with E-state index in [1.807, 2.05) is 66.1 Å². The van der Waals surface area contributed by atoms with Crippen molar-refractivity contribution in [3.05, 3.63) is 90.2 Å². The minimum atomic E-state index is -0.410. The zero-order chi connectivity index (χ0) is 23.8. The maximum atomic E-state index is 13.7. The number of aromatic nitrogens is 3. The van der Waals surface area contributed by atoms with Gasteiger partial charge in [0.05, 0.1) is 18.6 Å². The lowest BCUT2D eigenvalue weighted by Crippen LogP contribution is -2.20. The number of benzene rings is 3. The van der Waals surface area contributed by atoms with Crippen molar-refractivity contribution >= 4 is 23.9 Å². The third-order valence-electron chi connectivity index (χ3n) is 4.70. The maximum absolute atomic E-state index is 13.7. The molecule has 0 aliphatic heterocycles. The van der Waals surface area contributed by atoms with E-state index in [0.717, 1.165) is 17.0 Å². The molecule has 172 valence electrons. The molecule has 0 aliphatic rings. The number of thioether (sulfide) groups is 1. The van der Waals surface area contributed by atoms with Gasteiger partial charge in [0, 0.05) is 16.8 Å². The van der Waals surface area contributed by atoms with Gasteiger partial charge in [-0.3, -0.25) is 9.36 Å². The molecule has 7 nitrogen and oxygen atoms in total. The number of rotatable bonds is 9. The fourth-order valence-corrected chi connectivity index (χ4v) is 3.89. The summed E-state index contributed by atoms with van der Waals surface area (Å²) in [6, 6.07) is 23.5. The van der Waals surface area contributed by atoms with Crippen LogP contribution in [-0.4, -0.2) is 39.2 Å². The largest absolute Gasteiger partial charge is 0.494 e. The summed E-state index contributed by atoms with van der Waals surface area (Å²) >= 11 is 1.23. The quantitative estimate of drug-likeness (QED) is 0.215. The normalized spacial score (nSPS) is 11.0. The summed E-state index contributed by atoms with van der Waals surface area (Å²) in [4.78, 5) is 12.3. The highest BCUT2D eigenvalue weighted by Gasteiger charge is 2.17. The first-order valence-corrected chi connectivity index (χ1v) is 11.6. The number of carbonyl (C=O) groups excluding carboxylic acids is 1. The summed E-state index contributed by atoms with van der Waals surface area (Å²) in [7, 11) is 0. The minimum absolute atomic E-state index is 0.0541. The molecule has 34 heavy (non-hydrogen) atoms. The summed E-state index contributed by atoms with van der Waals surface area (Å²) in [5.74, 6) is 0.720. The van der Waals surface area contributed by atoms with E-state index in [9.17, 15) is 9.18 Å². The van der Waals surface area contributed by atoms with Gasteiger partial charge in [0.2, 0.25) is 0 Å². The average molecular weight is 476 g/mol. The molecule has 3 aromatic carbocycles. The third-order valence-corrected chi connectivity index (χ3v) is 5.63. The average Bonchev–Trinajstić information content (AvgIpc) is 3.29. The Morgan fingerprint density at radius 2 is 1.79 bits per heavy atom. The molecule has 0 bridgehead atoms. The summed E-state index contributed by atoms with van der Waals surface area (Å²) in [5.41, 5.74) is 4.45. The van der Waals surface area contributed by atoms with E-state index >= 15 is 0 Å². The highest BCUT2D eigenvalue weighted by molar-refractivity contribution is 7.99. The number of hydrogen-bond donors (Lipinski definition) is 1. The second-order valence-corrected chi connectivity index (χ2v) is 7.98. The van der Waals surface area contributed by atoms with E-state index in [2.05, 4.69) is 20.7 Å². The van der Waals surface area contributed by atoms with Crippen molar-refractivity contribution in [3.8, 4) is 22.8 Å². The molecule has 0 aliphatic carbocycles. The molecule has 4 rings (SSSR count). The molecule has 1 amide bonds. The fraction of sp³-hybridized carbons (Fsp3) is 0.120. The van der Waals surface area contributed by atoms with Gasteiger partial charge in [-0.1, -0.05) is 60.3 Å². The van der Waals surface area contributed by atoms with Crippen molar-refractivity contribution in [2.24, 2.45) is 5.10 Å². The lowest BCUT2D eigenvalue weighted by molar-refractivity contribution is -0.118. The number of amides is 1. The highest BCUT2D eigenvalue weighted by atomic mass is 32.2. The molecule has 4 aromatic rings. The van der Waals surface area contributed by atoms with E-state index in [1.165, 1.54) is 24.0 Å². The first-order valence-electron chi connectivity index (χ1n) is 10.6. The lowest BCUT2D eigenvalue weighted by Gasteiger charge is -2.11. The van der Waals surface area contributed by atoms with E-state index in [1.54, 1.807) is 18.2 Å². The van der Waals surface area contributed by atoms with Gasteiger partial charge < -0.3 is 4.74 Å². The van der Waals surface area contributed by atoms with E-state index in [0.29, 0.717) is 17.6 Å². The number of ether oxygens (including phenoxy) is 1. The van der Waals surface area contributed by atoms with Crippen LogP contribution in [0.1, 0.15) is 12.5 Å². The molecular weight excluding hydrogens is 453 g/mol. The third kappa shape index (κ3) is 5.68. The van der Waals surface area contributed by atoms with Crippen LogP contribution >= 0.6 is 11.8 Å². The van der Waals surface area contributed by atoms with Gasteiger partial charge in [0.15, 0.2) is 11.0 Å².